The number of hydrogen-bond donors (Lipinski definition) is 2. The smallest absolute Gasteiger partial charge is 0.00238 e. The second-order valence-electron chi connectivity index (χ2n) is 14.2. The fraction of sp³-hybridized carbons (Fsp3) is 0.907. The van der Waals surface area contributed by atoms with Gasteiger partial charge in [-0.2, -0.15) is 143 Å². The van der Waals surface area contributed by atoms with Crippen LogP contribution >= 0.6 is 143 Å². The zero-order valence-corrected chi connectivity index (χ0v) is 45.5. The molecule has 6 unspecified atom stereocenters. The molecular weight excluding hydrogens is 901 g/mol. The summed E-state index contributed by atoms with van der Waals surface area (Å²) in [4.78, 5) is 0. The third kappa shape index (κ3) is 36.8. The Hall–Kier alpha value is 3.68. The number of rotatable bonds is 34. The van der Waals surface area contributed by atoms with Crippen molar-refractivity contribution in [1.29, 1.82) is 0 Å². The molecule has 0 N–H and O–H groups in total. The summed E-state index contributed by atoms with van der Waals surface area (Å²) >= 11 is 29.1. The van der Waals surface area contributed by atoms with Gasteiger partial charge in [0.15, 0.2) is 0 Å². The summed E-state index contributed by atoms with van der Waals surface area (Å²) in [6.45, 7) is 10.1. The van der Waals surface area contributed by atoms with Gasteiger partial charge in [0.25, 0.3) is 0 Å². The average molecular weight is 986 g/mol. The maximum Gasteiger partial charge on any atom is 0.00238 e. The molecule has 328 valence electrons. The van der Waals surface area contributed by atoms with Crippen molar-refractivity contribution in [3.05, 3.63) is 25.3 Å². The number of thioether (sulfide) groups is 10. The van der Waals surface area contributed by atoms with Crippen LogP contribution in [0, 0.1) is 35.5 Å². The molecule has 0 saturated heterocycles. The Morgan fingerprint density at radius 3 is 1.31 bits per heavy atom. The highest BCUT2D eigenvalue weighted by atomic mass is 32.2. The van der Waals surface area contributed by atoms with Crippen LogP contribution in [0.2, 0.25) is 0 Å². The van der Waals surface area contributed by atoms with E-state index in [9.17, 15) is 0 Å². The molecule has 2 aliphatic rings. The minimum Gasteiger partial charge on any atom is -0.179 e. The molecule has 0 nitrogen and oxygen atoms in total. The Morgan fingerprint density at radius 1 is 0.455 bits per heavy atom. The van der Waals surface area contributed by atoms with Gasteiger partial charge in [0.05, 0.1) is 0 Å². The highest BCUT2D eigenvalue weighted by Gasteiger charge is 2.30. The standard InChI is InChI=1S/C27H54S9.C12H20.C4H10S3/c1-28-12-15-34-21-18-31-9-6-25-4-5-26(7-10-32-19-22-35-16-13-29-2)27(24-25)8-11-33-20-23-36-17-14-30-3;1-4-10-7-8-11(5-2)12(6-3)9-10;5-1-3-7-4-2-6/h25-27H,4-24H2,1-3H3;4,6,10-12H,1,3,5,7-9H2,2H3;5-6H,1-4H2. The monoisotopic (exact) mass is 984 g/mol. The molecule has 0 spiro atoms. The molecule has 0 aromatic heterocycles. The molecule has 0 bridgehead atoms. The summed E-state index contributed by atoms with van der Waals surface area (Å²) in [7, 11) is 0. The lowest BCUT2D eigenvalue weighted by Gasteiger charge is -2.36. The Bertz CT molecular complexity index is 787. The predicted octanol–water partition coefficient (Wildman–Crippen LogP) is 15.1. The van der Waals surface area contributed by atoms with E-state index in [1.165, 1.54) is 151 Å². The molecular formula is C43H84S12. The normalized spacial score (nSPS) is 22.3. The van der Waals surface area contributed by atoms with Crippen LogP contribution in [0.15, 0.2) is 25.3 Å². The van der Waals surface area contributed by atoms with E-state index in [0.717, 1.165) is 58.5 Å². The van der Waals surface area contributed by atoms with Gasteiger partial charge < -0.3 is 0 Å². The van der Waals surface area contributed by atoms with E-state index in [0.29, 0.717) is 0 Å². The van der Waals surface area contributed by atoms with Gasteiger partial charge >= 0.3 is 0 Å². The minimum atomic E-state index is 0.742. The molecule has 0 aromatic carbocycles. The third-order valence-electron chi connectivity index (χ3n) is 10.3. The van der Waals surface area contributed by atoms with E-state index >= 15 is 0 Å². The molecule has 0 heterocycles. The van der Waals surface area contributed by atoms with Gasteiger partial charge in [-0.1, -0.05) is 31.9 Å². The Kier molecular flexibility index (Phi) is 50.3. The van der Waals surface area contributed by atoms with Crippen molar-refractivity contribution >= 4 is 143 Å². The number of allylic oxidation sites excluding steroid dienone is 2. The Morgan fingerprint density at radius 2 is 0.873 bits per heavy atom. The molecule has 6 atom stereocenters. The third-order valence-corrected chi connectivity index (χ3v) is 21.8. The van der Waals surface area contributed by atoms with Gasteiger partial charge in [-0.15, -0.1) is 13.2 Å². The molecule has 0 radical (unpaired) electrons. The molecule has 2 fully saturated rings. The van der Waals surface area contributed by atoms with Crippen molar-refractivity contribution in [2.24, 2.45) is 35.5 Å². The molecule has 2 aliphatic carbocycles. The molecule has 2 rings (SSSR count). The zero-order chi connectivity index (χ0) is 40.5. The summed E-state index contributed by atoms with van der Waals surface area (Å²) in [5.74, 6) is 29.9. The molecule has 55 heavy (non-hydrogen) atoms. The van der Waals surface area contributed by atoms with Crippen molar-refractivity contribution in [2.45, 2.75) is 71.1 Å². The Labute approximate surface area is 398 Å². The molecule has 0 aliphatic heterocycles. The topological polar surface area (TPSA) is 0 Å². The summed E-state index contributed by atoms with van der Waals surface area (Å²) in [5, 5.41) is 0. The van der Waals surface area contributed by atoms with Crippen LogP contribution in [-0.4, -0.2) is 128 Å². The molecule has 0 amide bonds. The maximum atomic E-state index is 4.05. The Balaban J connectivity index is 0.00000124. The molecule has 12 heteroatoms. The van der Waals surface area contributed by atoms with Gasteiger partial charge in [0.2, 0.25) is 0 Å². The first-order valence-corrected chi connectivity index (χ1v) is 34.5. The van der Waals surface area contributed by atoms with E-state index < -0.39 is 0 Å². The van der Waals surface area contributed by atoms with Crippen molar-refractivity contribution in [3.8, 4) is 0 Å². The zero-order valence-electron chi connectivity index (χ0n) is 35.5. The van der Waals surface area contributed by atoms with Gasteiger partial charge in [0.1, 0.15) is 0 Å². The predicted molar refractivity (Wildman–Crippen MR) is 297 cm³/mol. The lowest BCUT2D eigenvalue weighted by Crippen LogP contribution is -2.26. The van der Waals surface area contributed by atoms with Crippen LogP contribution in [0.3, 0.4) is 0 Å². The van der Waals surface area contributed by atoms with Crippen LogP contribution in [0.4, 0.5) is 0 Å². The van der Waals surface area contributed by atoms with Crippen molar-refractivity contribution < 1.29 is 0 Å². The van der Waals surface area contributed by atoms with E-state index in [2.05, 4.69) is 147 Å². The van der Waals surface area contributed by atoms with Crippen LogP contribution < -0.4 is 0 Å². The summed E-state index contributed by atoms with van der Waals surface area (Å²) in [6, 6.07) is 0. The summed E-state index contributed by atoms with van der Waals surface area (Å²) < 4.78 is 0. The average Bonchev–Trinajstić information content (AvgIpc) is 3.21. The lowest BCUT2D eigenvalue weighted by atomic mass is 9.71. The van der Waals surface area contributed by atoms with Gasteiger partial charge in [-0.25, -0.2) is 0 Å². The van der Waals surface area contributed by atoms with Gasteiger partial charge in [-0.05, 0) is 134 Å². The highest BCUT2D eigenvalue weighted by molar-refractivity contribution is 8.05. The van der Waals surface area contributed by atoms with E-state index in [1.807, 2.05) is 47.0 Å². The first-order valence-electron chi connectivity index (χ1n) is 21.0. The van der Waals surface area contributed by atoms with Crippen LogP contribution in [-0.2, 0) is 0 Å². The first kappa shape index (κ1) is 58.7. The van der Waals surface area contributed by atoms with Crippen LogP contribution in [0.1, 0.15) is 71.1 Å². The van der Waals surface area contributed by atoms with Crippen molar-refractivity contribution in [2.75, 3.05) is 128 Å². The van der Waals surface area contributed by atoms with Gasteiger partial charge in [0, 0.05) is 80.5 Å². The quantitative estimate of drug-likeness (QED) is 0.0362. The molecule has 2 saturated carbocycles. The number of thiol groups is 2. The van der Waals surface area contributed by atoms with Crippen LogP contribution in [0.25, 0.3) is 0 Å². The van der Waals surface area contributed by atoms with Crippen LogP contribution in [0.5, 0.6) is 0 Å². The second kappa shape index (κ2) is 47.2. The fourth-order valence-electron chi connectivity index (χ4n) is 7.07. The fourth-order valence-corrected chi connectivity index (χ4v) is 17.2. The minimum absolute atomic E-state index is 0.742. The van der Waals surface area contributed by atoms with Crippen molar-refractivity contribution in [1.82, 2.24) is 0 Å². The van der Waals surface area contributed by atoms with Gasteiger partial charge in [-0.3, -0.25) is 0 Å². The lowest BCUT2D eigenvalue weighted by molar-refractivity contribution is 0.169. The summed E-state index contributed by atoms with van der Waals surface area (Å²) in [6.07, 6.45) is 25.2. The first-order chi connectivity index (χ1) is 27.0. The largest absolute Gasteiger partial charge is 0.179 e. The van der Waals surface area contributed by atoms with E-state index in [1.54, 1.807) is 0 Å². The second-order valence-corrected chi connectivity index (χ2v) is 26.6. The maximum absolute atomic E-state index is 4.05. The number of hydrogen-bond acceptors (Lipinski definition) is 12. The van der Waals surface area contributed by atoms with E-state index in [-0.39, 0.29) is 0 Å². The SMILES string of the molecule is C=CC1CCC(CC)C(C=C)C1.CSCCSCCSCCC1CCC(CCSCCSCCSC)C(CCSCCSCCSC)C1.SCCSCCS. The van der Waals surface area contributed by atoms with Crippen molar-refractivity contribution in [3.63, 3.8) is 0 Å². The van der Waals surface area contributed by atoms with E-state index in [4.69, 9.17) is 0 Å². The highest BCUT2D eigenvalue weighted by Crippen LogP contribution is 2.41. The molecule has 0 aromatic rings. The summed E-state index contributed by atoms with van der Waals surface area (Å²) in [5.41, 5.74) is 0.